The summed E-state index contributed by atoms with van der Waals surface area (Å²) in [5, 5.41) is 6.21. The normalized spacial score (nSPS) is 13.6. The third-order valence-corrected chi connectivity index (χ3v) is 6.24. The number of unbranched alkanes of at least 4 members (excludes halogenated alkanes) is 1. The van der Waals surface area contributed by atoms with Gasteiger partial charge in [-0.3, -0.25) is 4.79 Å². The lowest BCUT2D eigenvalue weighted by Crippen LogP contribution is -2.17. The molecule has 0 spiro atoms. The summed E-state index contributed by atoms with van der Waals surface area (Å²) >= 11 is 1.70. The lowest BCUT2D eigenvalue weighted by Gasteiger charge is -2.12. The van der Waals surface area contributed by atoms with E-state index in [1.165, 1.54) is 31.2 Å². The number of benzene rings is 2. The summed E-state index contributed by atoms with van der Waals surface area (Å²) in [5.41, 5.74) is 4.83. The molecule has 0 atom stereocenters. The SMILES string of the molecule is CCCCc1ccc(C(=O)Nc2ccc(-c3csc(N4CCCC4)n3)cc2)cc1. The van der Waals surface area contributed by atoms with E-state index in [4.69, 9.17) is 4.98 Å². The van der Waals surface area contributed by atoms with Crippen molar-refractivity contribution in [3.63, 3.8) is 0 Å². The third-order valence-electron chi connectivity index (χ3n) is 5.34. The number of carbonyl (C=O) groups excluding carboxylic acids is 1. The van der Waals surface area contributed by atoms with E-state index in [9.17, 15) is 4.79 Å². The lowest BCUT2D eigenvalue weighted by atomic mass is 10.1. The Morgan fingerprint density at radius 3 is 2.48 bits per heavy atom. The van der Waals surface area contributed by atoms with Gasteiger partial charge in [0.05, 0.1) is 5.69 Å². The summed E-state index contributed by atoms with van der Waals surface area (Å²) in [7, 11) is 0. The Kier molecular flexibility index (Phi) is 6.25. The molecule has 4 nitrogen and oxygen atoms in total. The van der Waals surface area contributed by atoms with Crippen LogP contribution in [-0.2, 0) is 6.42 Å². The molecule has 1 fully saturated rings. The summed E-state index contributed by atoms with van der Waals surface area (Å²) < 4.78 is 0. The van der Waals surface area contributed by atoms with E-state index in [-0.39, 0.29) is 5.91 Å². The topological polar surface area (TPSA) is 45.2 Å². The highest BCUT2D eigenvalue weighted by Crippen LogP contribution is 2.30. The third kappa shape index (κ3) is 4.85. The minimum Gasteiger partial charge on any atom is -0.348 e. The van der Waals surface area contributed by atoms with Crippen molar-refractivity contribution in [2.45, 2.75) is 39.0 Å². The number of thiazole rings is 1. The zero-order valence-electron chi connectivity index (χ0n) is 16.9. The highest BCUT2D eigenvalue weighted by Gasteiger charge is 2.16. The molecule has 0 saturated carbocycles. The van der Waals surface area contributed by atoms with Crippen LogP contribution in [0.2, 0.25) is 0 Å². The van der Waals surface area contributed by atoms with Crippen molar-refractivity contribution in [3.8, 4) is 11.3 Å². The molecule has 1 aromatic heterocycles. The number of hydrogen-bond donors (Lipinski definition) is 1. The van der Waals surface area contributed by atoms with Crippen molar-refractivity contribution in [2.75, 3.05) is 23.3 Å². The Labute approximate surface area is 176 Å². The molecule has 2 heterocycles. The van der Waals surface area contributed by atoms with Gasteiger partial charge in [0.1, 0.15) is 0 Å². The van der Waals surface area contributed by atoms with Gasteiger partial charge >= 0.3 is 0 Å². The summed E-state index contributed by atoms with van der Waals surface area (Å²) in [6.07, 6.45) is 5.93. The highest BCUT2D eigenvalue weighted by molar-refractivity contribution is 7.14. The molecule has 1 saturated heterocycles. The van der Waals surface area contributed by atoms with Crippen molar-refractivity contribution >= 4 is 28.1 Å². The molecule has 0 unspecified atom stereocenters. The second-order valence-electron chi connectivity index (χ2n) is 7.54. The van der Waals surface area contributed by atoms with Crippen LogP contribution < -0.4 is 10.2 Å². The van der Waals surface area contributed by atoms with Gasteiger partial charge in [0.2, 0.25) is 0 Å². The average Bonchev–Trinajstić information content (AvgIpc) is 3.45. The van der Waals surface area contributed by atoms with Crippen LogP contribution in [0.1, 0.15) is 48.5 Å². The maximum absolute atomic E-state index is 12.5. The molecule has 29 heavy (non-hydrogen) atoms. The summed E-state index contributed by atoms with van der Waals surface area (Å²) in [6.45, 7) is 4.41. The van der Waals surface area contributed by atoms with Crippen LogP contribution in [0.5, 0.6) is 0 Å². The standard InChI is InChI=1S/C24H27N3OS/c1-2-3-6-18-7-9-20(10-8-18)23(28)25-21-13-11-19(12-14-21)22-17-29-24(26-22)27-15-4-5-16-27/h7-14,17H,2-6,15-16H2,1H3,(H,25,28). The molecule has 1 N–H and O–H groups in total. The Bertz CT molecular complexity index is 941. The molecule has 4 rings (SSSR count). The number of nitrogens with zero attached hydrogens (tertiary/aromatic N) is 2. The first-order valence-corrected chi connectivity index (χ1v) is 11.3. The van der Waals surface area contributed by atoms with Crippen LogP contribution in [0.4, 0.5) is 10.8 Å². The van der Waals surface area contributed by atoms with Crippen LogP contribution in [0, 0.1) is 0 Å². The molecule has 1 amide bonds. The number of rotatable bonds is 7. The summed E-state index contributed by atoms with van der Waals surface area (Å²) in [5.74, 6) is -0.0789. The zero-order valence-corrected chi connectivity index (χ0v) is 17.7. The van der Waals surface area contributed by atoms with E-state index in [2.05, 4.69) is 22.5 Å². The minimum absolute atomic E-state index is 0.0789. The van der Waals surface area contributed by atoms with Crippen LogP contribution >= 0.6 is 11.3 Å². The zero-order chi connectivity index (χ0) is 20.1. The molecule has 0 aliphatic carbocycles. The maximum Gasteiger partial charge on any atom is 0.255 e. The number of carbonyl (C=O) groups is 1. The molecular formula is C24H27N3OS. The fraction of sp³-hybridized carbons (Fsp3) is 0.333. The van der Waals surface area contributed by atoms with Crippen LogP contribution in [0.15, 0.2) is 53.9 Å². The van der Waals surface area contributed by atoms with Crippen molar-refractivity contribution < 1.29 is 4.79 Å². The molecule has 1 aliphatic heterocycles. The van der Waals surface area contributed by atoms with Crippen LogP contribution in [0.3, 0.4) is 0 Å². The van der Waals surface area contributed by atoms with Crippen molar-refractivity contribution in [1.82, 2.24) is 4.98 Å². The highest BCUT2D eigenvalue weighted by atomic mass is 32.1. The molecular weight excluding hydrogens is 378 g/mol. The lowest BCUT2D eigenvalue weighted by molar-refractivity contribution is 0.102. The quantitative estimate of drug-likeness (QED) is 0.524. The minimum atomic E-state index is -0.0789. The van der Waals surface area contributed by atoms with E-state index in [0.29, 0.717) is 5.56 Å². The molecule has 2 aromatic carbocycles. The smallest absolute Gasteiger partial charge is 0.255 e. The van der Waals surface area contributed by atoms with E-state index < -0.39 is 0 Å². The second-order valence-corrected chi connectivity index (χ2v) is 8.38. The first kappa shape index (κ1) is 19.6. The van der Waals surface area contributed by atoms with Crippen molar-refractivity contribution in [3.05, 3.63) is 65.0 Å². The van der Waals surface area contributed by atoms with E-state index in [1.54, 1.807) is 11.3 Å². The van der Waals surface area contributed by atoms with Crippen LogP contribution in [0.25, 0.3) is 11.3 Å². The predicted octanol–water partition coefficient (Wildman–Crippen LogP) is 6.01. The van der Waals surface area contributed by atoms with Crippen LogP contribution in [-0.4, -0.2) is 24.0 Å². The molecule has 0 bridgehead atoms. The summed E-state index contributed by atoms with van der Waals surface area (Å²) in [6, 6.07) is 15.8. The van der Waals surface area contributed by atoms with Gasteiger partial charge < -0.3 is 10.2 Å². The number of aryl methyl sites for hydroxylation is 1. The first-order valence-electron chi connectivity index (χ1n) is 10.4. The van der Waals surface area contributed by atoms with Gasteiger partial charge in [0, 0.05) is 35.3 Å². The number of hydrogen-bond acceptors (Lipinski definition) is 4. The van der Waals surface area contributed by atoms with Gasteiger partial charge in [0.25, 0.3) is 5.91 Å². The van der Waals surface area contributed by atoms with Gasteiger partial charge in [-0.05, 0) is 55.5 Å². The van der Waals surface area contributed by atoms with Gasteiger partial charge in [-0.2, -0.15) is 0 Å². The number of aromatic nitrogens is 1. The Morgan fingerprint density at radius 1 is 1.07 bits per heavy atom. The Hall–Kier alpha value is -2.66. The monoisotopic (exact) mass is 405 g/mol. The van der Waals surface area contributed by atoms with Crippen molar-refractivity contribution in [2.24, 2.45) is 0 Å². The van der Waals surface area contributed by atoms with Gasteiger partial charge in [-0.25, -0.2) is 4.98 Å². The molecule has 5 heteroatoms. The number of anilines is 2. The second kappa shape index (κ2) is 9.23. The predicted molar refractivity (Wildman–Crippen MR) is 122 cm³/mol. The number of nitrogens with one attached hydrogen (secondary N) is 1. The Morgan fingerprint density at radius 2 is 1.79 bits per heavy atom. The van der Waals surface area contributed by atoms with E-state index in [1.807, 2.05) is 48.5 Å². The van der Waals surface area contributed by atoms with Gasteiger partial charge in [-0.1, -0.05) is 37.6 Å². The van der Waals surface area contributed by atoms with Crippen molar-refractivity contribution in [1.29, 1.82) is 0 Å². The fourth-order valence-electron chi connectivity index (χ4n) is 3.58. The molecule has 3 aromatic rings. The van der Waals surface area contributed by atoms with Gasteiger partial charge in [-0.15, -0.1) is 11.3 Å². The average molecular weight is 406 g/mol. The Balaban J connectivity index is 1.38. The van der Waals surface area contributed by atoms with Gasteiger partial charge in [0.15, 0.2) is 5.13 Å². The summed E-state index contributed by atoms with van der Waals surface area (Å²) in [4.78, 5) is 19.7. The fourth-order valence-corrected chi connectivity index (χ4v) is 4.47. The van der Waals surface area contributed by atoms with E-state index in [0.717, 1.165) is 41.6 Å². The van der Waals surface area contributed by atoms with E-state index >= 15 is 0 Å². The molecule has 0 radical (unpaired) electrons. The largest absolute Gasteiger partial charge is 0.348 e. The first-order chi connectivity index (χ1) is 14.2. The molecule has 1 aliphatic rings. The maximum atomic E-state index is 12.5. The number of amides is 1. The molecule has 150 valence electrons.